The molecule has 0 aliphatic carbocycles. The summed E-state index contributed by atoms with van der Waals surface area (Å²) in [6, 6.07) is -1.21. The summed E-state index contributed by atoms with van der Waals surface area (Å²) in [5.74, 6) is -0.734. The van der Waals surface area contributed by atoms with Crippen LogP contribution in [0.4, 0.5) is 9.59 Å². The van der Waals surface area contributed by atoms with Crippen LogP contribution >= 0.6 is 0 Å². The lowest BCUT2D eigenvalue weighted by atomic mass is 10.0. The molecule has 0 unspecified atom stereocenters. The van der Waals surface area contributed by atoms with Crippen LogP contribution in [0.5, 0.6) is 0 Å². The molecule has 1 aliphatic heterocycles. The van der Waals surface area contributed by atoms with Gasteiger partial charge in [-0.1, -0.05) is 12.2 Å². The van der Waals surface area contributed by atoms with Crippen molar-refractivity contribution in [3.05, 3.63) is 12.2 Å². The first-order valence-electron chi connectivity index (χ1n) is 11.3. The largest absolute Gasteiger partial charge is 0.458 e. The lowest BCUT2D eigenvalue weighted by Gasteiger charge is -2.33. The predicted molar refractivity (Wildman–Crippen MR) is 123 cm³/mol. The van der Waals surface area contributed by atoms with Gasteiger partial charge in [-0.3, -0.25) is 0 Å². The Hall–Kier alpha value is -2.13. The van der Waals surface area contributed by atoms with Crippen LogP contribution in [0.3, 0.4) is 0 Å². The number of ether oxygens (including phenoxy) is 5. The van der Waals surface area contributed by atoms with E-state index < -0.39 is 47.6 Å². The zero-order chi connectivity index (χ0) is 25.6. The van der Waals surface area contributed by atoms with E-state index in [9.17, 15) is 14.4 Å². The highest BCUT2D eigenvalue weighted by molar-refractivity contribution is 5.94. The minimum absolute atomic E-state index is 0.160. The van der Waals surface area contributed by atoms with Crippen LogP contribution in [0.2, 0.25) is 0 Å². The Morgan fingerprint density at radius 1 is 1.06 bits per heavy atom. The molecule has 0 bridgehead atoms. The van der Waals surface area contributed by atoms with Gasteiger partial charge in [0.1, 0.15) is 29.5 Å². The maximum atomic E-state index is 13.2. The van der Waals surface area contributed by atoms with E-state index in [0.29, 0.717) is 19.4 Å². The van der Waals surface area contributed by atoms with Crippen LogP contribution in [0, 0.1) is 0 Å². The second-order valence-electron chi connectivity index (χ2n) is 10.4. The Kier molecular flexibility index (Phi) is 10.4. The summed E-state index contributed by atoms with van der Waals surface area (Å²) in [4.78, 5) is 39.9. The van der Waals surface area contributed by atoms with Gasteiger partial charge >= 0.3 is 18.2 Å². The van der Waals surface area contributed by atoms with Gasteiger partial charge in [0, 0.05) is 7.11 Å². The van der Waals surface area contributed by atoms with Crippen LogP contribution in [-0.4, -0.2) is 72.3 Å². The van der Waals surface area contributed by atoms with Crippen molar-refractivity contribution in [3.63, 3.8) is 0 Å². The Balaban J connectivity index is 3.26. The van der Waals surface area contributed by atoms with Crippen molar-refractivity contribution in [2.75, 3.05) is 13.7 Å². The van der Waals surface area contributed by atoms with E-state index in [4.69, 9.17) is 23.7 Å². The van der Waals surface area contributed by atoms with Gasteiger partial charge in [-0.25, -0.2) is 14.4 Å². The monoisotopic (exact) mass is 471 g/mol. The molecule has 1 fully saturated rings. The van der Waals surface area contributed by atoms with Gasteiger partial charge in [0.25, 0.3) is 0 Å². The quantitative estimate of drug-likeness (QED) is 0.325. The van der Waals surface area contributed by atoms with Crippen molar-refractivity contribution >= 4 is 18.2 Å². The lowest BCUT2D eigenvalue weighted by molar-refractivity contribution is -0.166. The summed E-state index contributed by atoms with van der Waals surface area (Å²) in [5.41, 5.74) is -0.904. The van der Waals surface area contributed by atoms with Crippen LogP contribution in [0.1, 0.15) is 74.7 Å². The van der Waals surface area contributed by atoms with Crippen LogP contribution in [0.15, 0.2) is 12.2 Å². The normalized spacial score (nSPS) is 24.6. The third-order valence-corrected chi connectivity index (χ3v) is 4.68. The van der Waals surface area contributed by atoms with Crippen molar-refractivity contribution in [2.24, 2.45) is 0 Å². The van der Waals surface area contributed by atoms with Crippen molar-refractivity contribution in [1.29, 1.82) is 0 Å². The van der Waals surface area contributed by atoms with E-state index in [1.807, 2.05) is 6.92 Å². The average molecular weight is 472 g/mol. The smallest absolute Gasteiger partial charge is 0.420 e. The number of amides is 2. The number of carbonyl (C=O) groups excluding carboxylic acids is 3. The minimum Gasteiger partial charge on any atom is -0.458 e. The molecule has 1 saturated heterocycles. The van der Waals surface area contributed by atoms with E-state index in [0.717, 1.165) is 10.5 Å². The molecule has 1 aliphatic rings. The lowest BCUT2D eigenvalue weighted by Crippen LogP contribution is -2.53. The molecule has 0 saturated carbocycles. The van der Waals surface area contributed by atoms with Crippen LogP contribution in [0.25, 0.3) is 0 Å². The molecule has 1 rings (SSSR count). The Morgan fingerprint density at radius 2 is 1.58 bits per heavy atom. The van der Waals surface area contributed by atoms with Gasteiger partial charge in [0.15, 0.2) is 0 Å². The van der Waals surface area contributed by atoms with Gasteiger partial charge in [0.05, 0.1) is 12.7 Å². The van der Waals surface area contributed by atoms with Crippen molar-refractivity contribution in [3.8, 4) is 0 Å². The summed E-state index contributed by atoms with van der Waals surface area (Å²) < 4.78 is 28.0. The Morgan fingerprint density at radius 3 is 2.00 bits per heavy atom. The number of cyclic esters (lactones) is 1. The molecule has 4 atom stereocenters. The number of hydrogen-bond donors (Lipinski definition) is 0. The highest BCUT2D eigenvalue weighted by Crippen LogP contribution is 2.26. The third kappa shape index (κ3) is 9.71. The highest BCUT2D eigenvalue weighted by Gasteiger charge is 2.43. The van der Waals surface area contributed by atoms with Crippen LogP contribution < -0.4 is 0 Å². The fourth-order valence-electron chi connectivity index (χ4n) is 3.38. The molecule has 9 nitrogen and oxygen atoms in total. The molecule has 9 heteroatoms. The van der Waals surface area contributed by atoms with Crippen molar-refractivity contribution in [2.45, 2.75) is 110 Å². The summed E-state index contributed by atoms with van der Waals surface area (Å²) >= 11 is 0. The first kappa shape index (κ1) is 28.9. The molecule has 0 spiro atoms. The number of nitrogens with zero attached hydrogens (tertiary/aromatic N) is 1. The fourth-order valence-corrected chi connectivity index (χ4v) is 3.38. The second-order valence-corrected chi connectivity index (χ2v) is 10.4. The summed E-state index contributed by atoms with van der Waals surface area (Å²) in [7, 11) is 1.52. The number of esters is 1. The predicted octanol–water partition coefficient (Wildman–Crippen LogP) is 4.62. The van der Waals surface area contributed by atoms with Gasteiger partial charge in [-0.15, -0.1) is 0 Å². The fraction of sp³-hybridized carbons (Fsp3) is 0.792. The standard InChI is InChI=1S/C24H41NO8/c1-15(2)14-30-18-13-11-12-17(20(26)31-16(3)19(18)29-10)25(21(27)32-23(4,5)6)22(28)33-24(7,8)9/h16-19H,1,11-14H2,2-10H3/t16-,17-,18-,19-/m0/s1. The molecule has 0 aromatic heterocycles. The Bertz CT molecular complexity index is 678. The van der Waals surface area contributed by atoms with Crippen molar-refractivity contribution < 1.29 is 38.1 Å². The molecule has 0 radical (unpaired) electrons. The molecule has 0 N–H and O–H groups in total. The van der Waals surface area contributed by atoms with Gasteiger partial charge < -0.3 is 23.7 Å². The number of hydrogen-bond acceptors (Lipinski definition) is 8. The molecule has 2 amide bonds. The number of imide groups is 1. The first-order valence-corrected chi connectivity index (χ1v) is 11.3. The van der Waals surface area contributed by atoms with Gasteiger partial charge in [0.2, 0.25) is 0 Å². The topological polar surface area (TPSA) is 101 Å². The Labute approximate surface area is 197 Å². The van der Waals surface area contributed by atoms with Gasteiger partial charge in [-0.05, 0) is 74.7 Å². The zero-order valence-corrected chi connectivity index (χ0v) is 21.6. The number of rotatable bonds is 5. The molecular formula is C24H41NO8. The average Bonchev–Trinajstić information content (AvgIpc) is 2.66. The third-order valence-electron chi connectivity index (χ3n) is 4.68. The molecule has 190 valence electrons. The highest BCUT2D eigenvalue weighted by atomic mass is 16.6. The van der Waals surface area contributed by atoms with Gasteiger partial charge in [-0.2, -0.15) is 4.90 Å². The summed E-state index contributed by atoms with van der Waals surface area (Å²) in [6.45, 7) is 17.8. The molecule has 33 heavy (non-hydrogen) atoms. The number of carbonyl (C=O) groups is 3. The SMILES string of the molecule is C=C(C)CO[C@H]1CCC[C@H](N(C(=O)OC(C)(C)C)C(=O)OC(C)(C)C)C(=O)O[C@@H](C)[C@@H]1OC. The maximum absolute atomic E-state index is 13.2. The van der Waals surface area contributed by atoms with Crippen molar-refractivity contribution in [1.82, 2.24) is 4.90 Å². The van der Waals surface area contributed by atoms with Crippen LogP contribution in [-0.2, 0) is 28.5 Å². The maximum Gasteiger partial charge on any atom is 0.420 e. The summed E-state index contributed by atoms with van der Waals surface area (Å²) in [5, 5.41) is 0. The van der Waals surface area contributed by atoms with E-state index >= 15 is 0 Å². The van der Waals surface area contributed by atoms with E-state index in [-0.39, 0.29) is 12.5 Å². The molecular weight excluding hydrogens is 430 g/mol. The minimum atomic E-state index is -1.21. The molecule has 0 aromatic carbocycles. The first-order chi connectivity index (χ1) is 15.1. The zero-order valence-electron chi connectivity index (χ0n) is 21.6. The summed E-state index contributed by atoms with van der Waals surface area (Å²) in [6.07, 6.45) is -2.35. The molecule has 0 aromatic rings. The molecule has 1 heterocycles. The van der Waals surface area contributed by atoms with E-state index in [1.54, 1.807) is 48.5 Å². The van der Waals surface area contributed by atoms with E-state index in [2.05, 4.69) is 6.58 Å². The number of methoxy groups -OCH3 is 1. The second kappa shape index (κ2) is 11.8. The van der Waals surface area contributed by atoms with E-state index in [1.165, 1.54) is 7.11 Å².